The maximum atomic E-state index is 3.49. The molecule has 0 saturated carbocycles. The lowest BCUT2D eigenvalue weighted by atomic mass is 10.7. The van der Waals surface area contributed by atoms with Crippen LogP contribution >= 0.6 is 0 Å². The maximum absolute atomic E-state index is 3.49. The van der Waals surface area contributed by atoms with Gasteiger partial charge < -0.3 is 0 Å². The normalized spacial score (nSPS) is 23.6. The largest absolute Gasteiger partial charge is 0.288 e. The van der Waals surface area contributed by atoms with Crippen LogP contribution in [0.4, 0.5) is 0 Å². The Morgan fingerprint density at radius 2 is 2.00 bits per heavy atom. The average Bonchev–Trinajstić information content (AvgIpc) is 2.14. The van der Waals surface area contributed by atoms with Crippen LogP contribution in [0.3, 0.4) is 0 Å². The molecule has 1 heterocycles. The summed E-state index contributed by atoms with van der Waals surface area (Å²) in [6.45, 7) is 2.07. The highest BCUT2D eigenvalue weighted by Gasteiger charge is 2.07. The first-order chi connectivity index (χ1) is 3.43. The van der Waals surface area contributed by atoms with Crippen molar-refractivity contribution in [3.8, 4) is 0 Å². The van der Waals surface area contributed by atoms with Gasteiger partial charge in [-0.25, -0.2) is 0 Å². The van der Waals surface area contributed by atoms with Crippen molar-refractivity contribution in [1.82, 2.24) is 16.0 Å². The molecule has 0 spiro atoms. The number of nitrogens with one attached hydrogen (secondary N) is 3. The summed E-state index contributed by atoms with van der Waals surface area (Å²) in [5.74, 6) is 0. The van der Waals surface area contributed by atoms with E-state index >= 15 is 0 Å². The van der Waals surface area contributed by atoms with E-state index in [1.165, 1.54) is 0 Å². The molecule has 0 bridgehead atoms. The van der Waals surface area contributed by atoms with E-state index in [1.54, 1.807) is 0 Å². The van der Waals surface area contributed by atoms with E-state index in [2.05, 4.69) is 23.0 Å². The second kappa shape index (κ2) is 2.26. The summed E-state index contributed by atoms with van der Waals surface area (Å²) in [7, 11) is 3.49. The minimum Gasteiger partial charge on any atom is -0.288 e. The SMILES string of the molecule is [CH2]NC1NCCN1. The van der Waals surface area contributed by atoms with Crippen molar-refractivity contribution in [2.45, 2.75) is 6.29 Å². The topological polar surface area (TPSA) is 36.1 Å². The van der Waals surface area contributed by atoms with E-state index < -0.39 is 0 Å². The van der Waals surface area contributed by atoms with Crippen LogP contribution in [0.15, 0.2) is 0 Å². The molecule has 1 rings (SSSR count). The molecule has 0 aromatic rings. The van der Waals surface area contributed by atoms with Gasteiger partial charge in [-0.1, -0.05) is 0 Å². The molecule has 1 fully saturated rings. The highest BCUT2D eigenvalue weighted by atomic mass is 15.3. The Morgan fingerprint density at radius 3 is 2.29 bits per heavy atom. The molecule has 0 aromatic carbocycles. The molecule has 0 atom stereocenters. The Bertz CT molecular complexity index is 48.9. The molecule has 1 aliphatic rings. The molecule has 3 N–H and O–H groups in total. The van der Waals surface area contributed by atoms with E-state index in [4.69, 9.17) is 0 Å². The van der Waals surface area contributed by atoms with E-state index in [-0.39, 0.29) is 6.29 Å². The van der Waals surface area contributed by atoms with Crippen molar-refractivity contribution < 1.29 is 0 Å². The Labute approximate surface area is 43.5 Å². The predicted octanol–water partition coefficient (Wildman–Crippen LogP) is -1.16. The van der Waals surface area contributed by atoms with Crippen molar-refractivity contribution >= 4 is 0 Å². The predicted molar refractivity (Wildman–Crippen MR) is 28.3 cm³/mol. The number of rotatable bonds is 1. The minimum atomic E-state index is 0.236. The van der Waals surface area contributed by atoms with E-state index in [0.717, 1.165) is 13.1 Å². The quantitative estimate of drug-likeness (QED) is 0.389. The van der Waals surface area contributed by atoms with Crippen LogP contribution in [-0.2, 0) is 0 Å². The second-order valence-corrected chi connectivity index (χ2v) is 1.55. The molecule has 0 amide bonds. The third-order valence-electron chi connectivity index (χ3n) is 1.03. The molecule has 1 aliphatic heterocycles. The summed E-state index contributed by atoms with van der Waals surface area (Å²) in [6, 6.07) is 0. The van der Waals surface area contributed by atoms with Gasteiger partial charge in [0, 0.05) is 20.1 Å². The molecule has 0 aromatic heterocycles. The lowest BCUT2D eigenvalue weighted by Crippen LogP contribution is -2.41. The molecule has 1 radical (unpaired) electrons. The first-order valence-electron chi connectivity index (χ1n) is 2.43. The van der Waals surface area contributed by atoms with Gasteiger partial charge in [0.05, 0.1) is 0 Å². The smallest absolute Gasteiger partial charge is 0.112 e. The zero-order valence-electron chi connectivity index (χ0n) is 4.20. The van der Waals surface area contributed by atoms with E-state index in [9.17, 15) is 0 Å². The first kappa shape index (κ1) is 5.03. The Kier molecular flexibility index (Phi) is 1.62. The Morgan fingerprint density at radius 1 is 1.43 bits per heavy atom. The van der Waals surface area contributed by atoms with Gasteiger partial charge in [0.1, 0.15) is 6.29 Å². The molecule has 41 valence electrons. The van der Waals surface area contributed by atoms with Crippen molar-refractivity contribution in [1.29, 1.82) is 0 Å². The van der Waals surface area contributed by atoms with Crippen molar-refractivity contribution in [2.75, 3.05) is 13.1 Å². The fourth-order valence-electron chi connectivity index (χ4n) is 0.650. The third-order valence-corrected chi connectivity index (χ3v) is 1.03. The molecular formula is C4H10N3. The van der Waals surface area contributed by atoms with Gasteiger partial charge in [0.2, 0.25) is 0 Å². The summed E-state index contributed by atoms with van der Waals surface area (Å²) in [4.78, 5) is 0. The van der Waals surface area contributed by atoms with Crippen molar-refractivity contribution in [3.05, 3.63) is 7.05 Å². The third kappa shape index (κ3) is 1.12. The van der Waals surface area contributed by atoms with Gasteiger partial charge in [-0.15, -0.1) is 0 Å². The molecule has 0 unspecified atom stereocenters. The first-order valence-corrected chi connectivity index (χ1v) is 2.43. The average molecular weight is 100 g/mol. The van der Waals surface area contributed by atoms with Crippen LogP contribution in [0, 0.1) is 7.05 Å². The molecule has 7 heavy (non-hydrogen) atoms. The fraction of sp³-hybridized carbons (Fsp3) is 0.750. The van der Waals surface area contributed by atoms with Crippen LogP contribution in [0.25, 0.3) is 0 Å². The Balaban J connectivity index is 2.14. The van der Waals surface area contributed by atoms with Gasteiger partial charge in [-0.3, -0.25) is 16.0 Å². The lowest BCUT2D eigenvalue weighted by Gasteiger charge is -2.05. The van der Waals surface area contributed by atoms with Crippen LogP contribution in [0.2, 0.25) is 0 Å². The molecular weight excluding hydrogens is 90.1 g/mol. The standard InChI is InChI=1S/C4H10N3/c1-5-4-6-2-3-7-4/h4-7H,1-3H2. The zero-order chi connectivity index (χ0) is 5.11. The lowest BCUT2D eigenvalue weighted by molar-refractivity contribution is 0.502. The summed E-state index contributed by atoms with van der Waals surface area (Å²) < 4.78 is 0. The van der Waals surface area contributed by atoms with Gasteiger partial charge in [0.25, 0.3) is 0 Å². The van der Waals surface area contributed by atoms with Crippen molar-refractivity contribution in [2.24, 2.45) is 0 Å². The summed E-state index contributed by atoms with van der Waals surface area (Å²) >= 11 is 0. The van der Waals surface area contributed by atoms with Crippen LogP contribution in [0.1, 0.15) is 0 Å². The van der Waals surface area contributed by atoms with Crippen LogP contribution in [0.5, 0.6) is 0 Å². The highest BCUT2D eigenvalue weighted by Crippen LogP contribution is 1.75. The molecule has 3 nitrogen and oxygen atoms in total. The summed E-state index contributed by atoms with van der Waals surface area (Å²) in [6.07, 6.45) is 0.236. The maximum Gasteiger partial charge on any atom is 0.112 e. The number of hydrogen-bond donors (Lipinski definition) is 3. The molecule has 0 aliphatic carbocycles. The van der Waals surface area contributed by atoms with Gasteiger partial charge in [-0.05, 0) is 0 Å². The minimum absolute atomic E-state index is 0.236. The molecule has 1 saturated heterocycles. The zero-order valence-corrected chi connectivity index (χ0v) is 4.20. The summed E-state index contributed by atoms with van der Waals surface area (Å²) in [5.41, 5.74) is 0. The molecule has 3 heteroatoms. The van der Waals surface area contributed by atoms with Crippen LogP contribution in [-0.4, -0.2) is 19.4 Å². The van der Waals surface area contributed by atoms with Gasteiger partial charge in [0.15, 0.2) is 0 Å². The fourth-order valence-corrected chi connectivity index (χ4v) is 0.650. The number of hydrogen-bond acceptors (Lipinski definition) is 3. The summed E-state index contributed by atoms with van der Waals surface area (Å²) in [5, 5.41) is 9.03. The van der Waals surface area contributed by atoms with Crippen molar-refractivity contribution in [3.63, 3.8) is 0 Å². The van der Waals surface area contributed by atoms with Gasteiger partial charge >= 0.3 is 0 Å². The van der Waals surface area contributed by atoms with E-state index in [0.29, 0.717) is 0 Å². The van der Waals surface area contributed by atoms with E-state index in [1.807, 2.05) is 0 Å². The second-order valence-electron chi connectivity index (χ2n) is 1.55. The van der Waals surface area contributed by atoms with Crippen LogP contribution < -0.4 is 16.0 Å². The highest BCUT2D eigenvalue weighted by molar-refractivity contribution is 4.68. The Hall–Kier alpha value is -0.120. The monoisotopic (exact) mass is 100 g/mol. The van der Waals surface area contributed by atoms with Gasteiger partial charge in [-0.2, -0.15) is 0 Å².